The van der Waals surface area contributed by atoms with Gasteiger partial charge in [-0.05, 0) is 46.5 Å². The van der Waals surface area contributed by atoms with Crippen molar-refractivity contribution >= 4 is 11.9 Å². The molecule has 2 N–H and O–H groups in total. The Morgan fingerprint density at radius 2 is 1.32 bits per heavy atom. The molecule has 0 radical (unpaired) electrons. The van der Waals surface area contributed by atoms with Gasteiger partial charge in [-0.3, -0.25) is 4.79 Å². The largest absolute Gasteiger partial charge is 0.485 e. The molecule has 0 aromatic heterocycles. The number of carbonyl (C=O) groups excluding carboxylic acids is 1. The van der Waals surface area contributed by atoms with Crippen molar-refractivity contribution < 1.29 is 28.6 Å². The van der Waals surface area contributed by atoms with Gasteiger partial charge in [0.1, 0.15) is 25.1 Å². The van der Waals surface area contributed by atoms with E-state index in [0.717, 1.165) is 11.1 Å². The van der Waals surface area contributed by atoms with Crippen molar-refractivity contribution in [3.63, 3.8) is 0 Å². The van der Waals surface area contributed by atoms with Crippen LogP contribution in [0.25, 0.3) is 0 Å². The molecular formula is C31H28FNO5. The number of carboxylic acid groups (broad SMARTS) is 1. The second kappa shape index (κ2) is 13.1. The van der Waals surface area contributed by atoms with Crippen molar-refractivity contribution in [1.29, 1.82) is 0 Å². The normalized spacial score (nSPS) is 11.4. The number of hydrogen-bond acceptors (Lipinski definition) is 4. The first-order valence-electron chi connectivity index (χ1n) is 12.2. The van der Waals surface area contributed by atoms with Gasteiger partial charge >= 0.3 is 5.97 Å². The van der Waals surface area contributed by atoms with E-state index in [9.17, 15) is 19.1 Å². The lowest BCUT2D eigenvalue weighted by Crippen LogP contribution is -2.43. The lowest BCUT2D eigenvalue weighted by atomic mass is 10.0. The molecule has 0 aliphatic rings. The van der Waals surface area contributed by atoms with Gasteiger partial charge in [-0.2, -0.15) is 0 Å². The summed E-state index contributed by atoms with van der Waals surface area (Å²) in [6.07, 6.45) is -0.0931. The molecule has 1 atom stereocenters. The smallest absolute Gasteiger partial charge is 0.326 e. The molecule has 0 aliphatic heterocycles. The standard InChI is InChI=1S/C31H28FNO5/c32-26-13-7-12-24(16-26)19-30(34)33-27(31(35)36)17-25-14-15-28(37-20-22-8-3-1-4-9-22)29(18-25)38-21-23-10-5-2-6-11-23/h1-16,18,27H,17,19-21H2,(H,33,34)(H,35,36)/t27-/m1/s1. The molecule has 194 valence electrons. The summed E-state index contributed by atoms with van der Waals surface area (Å²) in [7, 11) is 0. The van der Waals surface area contributed by atoms with Gasteiger partial charge in [0.25, 0.3) is 0 Å². The maximum absolute atomic E-state index is 13.4. The molecule has 0 heterocycles. The topological polar surface area (TPSA) is 84.9 Å². The van der Waals surface area contributed by atoms with E-state index in [2.05, 4.69) is 5.32 Å². The molecule has 4 aromatic rings. The van der Waals surface area contributed by atoms with Gasteiger partial charge in [0, 0.05) is 6.42 Å². The summed E-state index contributed by atoms with van der Waals surface area (Å²) in [6, 6.07) is 29.1. The van der Waals surface area contributed by atoms with Gasteiger partial charge in [0.2, 0.25) is 5.91 Å². The van der Waals surface area contributed by atoms with Crippen molar-refractivity contribution in [2.45, 2.75) is 32.1 Å². The van der Waals surface area contributed by atoms with Gasteiger partial charge in [0.15, 0.2) is 11.5 Å². The predicted molar refractivity (Wildman–Crippen MR) is 141 cm³/mol. The van der Waals surface area contributed by atoms with Crippen molar-refractivity contribution in [3.05, 3.63) is 131 Å². The van der Waals surface area contributed by atoms with E-state index in [1.54, 1.807) is 24.3 Å². The van der Waals surface area contributed by atoms with E-state index < -0.39 is 23.7 Å². The van der Waals surface area contributed by atoms with Crippen LogP contribution in [0.5, 0.6) is 11.5 Å². The quantitative estimate of drug-likeness (QED) is 0.267. The molecule has 0 bridgehead atoms. The molecule has 4 aromatic carbocycles. The van der Waals surface area contributed by atoms with E-state index in [-0.39, 0.29) is 12.8 Å². The third-order valence-corrected chi connectivity index (χ3v) is 5.81. The maximum Gasteiger partial charge on any atom is 0.326 e. The number of carboxylic acids is 1. The second-order valence-corrected chi connectivity index (χ2v) is 8.80. The van der Waals surface area contributed by atoms with Crippen LogP contribution in [0.3, 0.4) is 0 Å². The van der Waals surface area contributed by atoms with Crippen LogP contribution in [0.2, 0.25) is 0 Å². The Kier molecular flexibility index (Phi) is 9.07. The zero-order chi connectivity index (χ0) is 26.7. The van der Waals surface area contributed by atoms with E-state index >= 15 is 0 Å². The molecule has 4 rings (SSSR count). The number of halogens is 1. The van der Waals surface area contributed by atoms with Crippen LogP contribution < -0.4 is 14.8 Å². The fraction of sp³-hybridized carbons (Fsp3) is 0.161. The highest BCUT2D eigenvalue weighted by atomic mass is 19.1. The first-order chi connectivity index (χ1) is 18.5. The molecular weight excluding hydrogens is 485 g/mol. The van der Waals surface area contributed by atoms with Crippen LogP contribution >= 0.6 is 0 Å². The molecule has 1 amide bonds. The third-order valence-electron chi connectivity index (χ3n) is 5.81. The van der Waals surface area contributed by atoms with E-state index in [0.29, 0.717) is 35.8 Å². The average molecular weight is 514 g/mol. The van der Waals surface area contributed by atoms with Crippen LogP contribution in [0.4, 0.5) is 4.39 Å². The lowest BCUT2D eigenvalue weighted by molar-refractivity contribution is -0.141. The van der Waals surface area contributed by atoms with Crippen LogP contribution in [0, 0.1) is 5.82 Å². The molecule has 0 fully saturated rings. The summed E-state index contributed by atoms with van der Waals surface area (Å²) in [5.74, 6) is -1.14. The van der Waals surface area contributed by atoms with Gasteiger partial charge < -0.3 is 19.9 Å². The van der Waals surface area contributed by atoms with Crippen molar-refractivity contribution in [2.24, 2.45) is 0 Å². The molecule has 38 heavy (non-hydrogen) atoms. The minimum Gasteiger partial charge on any atom is -0.485 e. The SMILES string of the molecule is O=C(Cc1cccc(F)c1)N[C@H](Cc1ccc(OCc2ccccc2)c(OCc2ccccc2)c1)C(=O)O. The summed E-state index contributed by atoms with van der Waals surface area (Å²) in [4.78, 5) is 24.4. The Bertz CT molecular complexity index is 1360. The summed E-state index contributed by atoms with van der Waals surface area (Å²) >= 11 is 0. The summed E-state index contributed by atoms with van der Waals surface area (Å²) in [5.41, 5.74) is 3.08. The van der Waals surface area contributed by atoms with Crippen LogP contribution in [0.1, 0.15) is 22.3 Å². The minimum absolute atomic E-state index is 0.0326. The Balaban J connectivity index is 1.48. The molecule has 0 unspecified atom stereocenters. The van der Waals surface area contributed by atoms with Gasteiger partial charge in [0.05, 0.1) is 6.42 Å². The predicted octanol–water partition coefficient (Wildman–Crippen LogP) is 5.34. The second-order valence-electron chi connectivity index (χ2n) is 8.80. The lowest BCUT2D eigenvalue weighted by Gasteiger charge is -2.17. The molecule has 6 nitrogen and oxygen atoms in total. The van der Waals surface area contributed by atoms with Crippen molar-refractivity contribution in [1.82, 2.24) is 5.32 Å². The Morgan fingerprint density at radius 1 is 0.711 bits per heavy atom. The Labute approximate surface area is 220 Å². The molecule has 0 spiro atoms. The molecule has 7 heteroatoms. The third kappa shape index (κ3) is 7.93. The molecule has 0 saturated carbocycles. The number of amides is 1. The number of nitrogens with one attached hydrogen (secondary N) is 1. The average Bonchev–Trinajstić information content (AvgIpc) is 2.92. The minimum atomic E-state index is -1.17. The number of hydrogen-bond donors (Lipinski definition) is 2. The zero-order valence-electron chi connectivity index (χ0n) is 20.7. The van der Waals surface area contributed by atoms with Crippen LogP contribution in [-0.2, 0) is 35.6 Å². The zero-order valence-corrected chi connectivity index (χ0v) is 20.7. The molecule has 0 aliphatic carbocycles. The van der Waals surface area contributed by atoms with Gasteiger partial charge in [-0.1, -0.05) is 78.9 Å². The van der Waals surface area contributed by atoms with Gasteiger partial charge in [-0.25, -0.2) is 9.18 Å². The number of carbonyl (C=O) groups is 2. The number of aliphatic carboxylic acids is 1. The van der Waals surface area contributed by atoms with Gasteiger partial charge in [-0.15, -0.1) is 0 Å². The van der Waals surface area contributed by atoms with Crippen molar-refractivity contribution in [3.8, 4) is 11.5 Å². The number of benzene rings is 4. The van der Waals surface area contributed by atoms with Crippen LogP contribution in [0.15, 0.2) is 103 Å². The maximum atomic E-state index is 13.4. The first kappa shape index (κ1) is 26.4. The summed E-state index contributed by atoms with van der Waals surface area (Å²) < 4.78 is 25.5. The number of ether oxygens (including phenoxy) is 2. The van der Waals surface area contributed by atoms with Crippen LogP contribution in [-0.4, -0.2) is 23.0 Å². The van der Waals surface area contributed by atoms with E-state index in [1.165, 1.54) is 18.2 Å². The van der Waals surface area contributed by atoms with Crippen molar-refractivity contribution in [2.75, 3.05) is 0 Å². The number of rotatable bonds is 12. The fourth-order valence-corrected chi connectivity index (χ4v) is 3.90. The molecule has 0 saturated heterocycles. The Morgan fingerprint density at radius 3 is 1.92 bits per heavy atom. The first-order valence-corrected chi connectivity index (χ1v) is 12.2. The fourth-order valence-electron chi connectivity index (χ4n) is 3.90. The summed E-state index contributed by atoms with van der Waals surface area (Å²) in [6.45, 7) is 0.647. The highest BCUT2D eigenvalue weighted by molar-refractivity contribution is 5.85. The highest BCUT2D eigenvalue weighted by Crippen LogP contribution is 2.30. The monoisotopic (exact) mass is 513 g/mol. The Hall–Kier alpha value is -4.65. The summed E-state index contributed by atoms with van der Waals surface area (Å²) in [5, 5.41) is 12.3. The highest BCUT2D eigenvalue weighted by Gasteiger charge is 2.21. The van der Waals surface area contributed by atoms with E-state index in [1.807, 2.05) is 60.7 Å². The van der Waals surface area contributed by atoms with E-state index in [4.69, 9.17) is 9.47 Å².